The molecular formula is C16H25N7O6. The van der Waals surface area contributed by atoms with Gasteiger partial charge < -0.3 is 37.1 Å². The SMILES string of the molecule is NCC(=O)CCC(=O)NCn1cnc(CC(NC(=O)CNC(=O)CN)C(=O)O)c1. The van der Waals surface area contributed by atoms with Crippen LogP contribution in [0.25, 0.3) is 0 Å². The van der Waals surface area contributed by atoms with Gasteiger partial charge in [-0.2, -0.15) is 0 Å². The van der Waals surface area contributed by atoms with E-state index in [4.69, 9.17) is 11.5 Å². The van der Waals surface area contributed by atoms with E-state index in [0.717, 1.165) is 0 Å². The molecule has 0 spiro atoms. The van der Waals surface area contributed by atoms with E-state index in [2.05, 4.69) is 20.9 Å². The van der Waals surface area contributed by atoms with E-state index >= 15 is 0 Å². The van der Waals surface area contributed by atoms with Gasteiger partial charge in [0.05, 0.1) is 38.3 Å². The van der Waals surface area contributed by atoms with Crippen molar-refractivity contribution in [3.05, 3.63) is 18.2 Å². The molecule has 1 unspecified atom stereocenters. The number of carboxylic acids is 1. The molecule has 3 amide bonds. The number of Topliss-reactive ketones (excluding diaryl/α,β-unsaturated/α-hetero) is 1. The average Bonchev–Trinajstić information content (AvgIpc) is 3.15. The second-order valence-corrected chi connectivity index (χ2v) is 6.02. The van der Waals surface area contributed by atoms with Gasteiger partial charge in [-0.25, -0.2) is 9.78 Å². The van der Waals surface area contributed by atoms with Gasteiger partial charge in [0.2, 0.25) is 17.7 Å². The molecule has 1 rings (SSSR count). The number of hydrogen-bond donors (Lipinski definition) is 6. The van der Waals surface area contributed by atoms with E-state index in [1.54, 1.807) is 0 Å². The molecule has 0 aliphatic rings. The summed E-state index contributed by atoms with van der Waals surface area (Å²) in [6, 6.07) is -1.25. The van der Waals surface area contributed by atoms with Gasteiger partial charge in [0, 0.05) is 25.5 Å². The summed E-state index contributed by atoms with van der Waals surface area (Å²) < 4.78 is 1.51. The van der Waals surface area contributed by atoms with Crippen molar-refractivity contribution in [2.75, 3.05) is 19.6 Å². The van der Waals surface area contributed by atoms with Crippen LogP contribution < -0.4 is 27.4 Å². The van der Waals surface area contributed by atoms with E-state index in [9.17, 15) is 29.1 Å². The number of carboxylic acid groups (broad SMARTS) is 1. The third-order valence-electron chi connectivity index (χ3n) is 3.68. The van der Waals surface area contributed by atoms with Crippen molar-refractivity contribution in [1.82, 2.24) is 25.5 Å². The number of aromatic nitrogens is 2. The summed E-state index contributed by atoms with van der Waals surface area (Å²) in [7, 11) is 0. The lowest BCUT2D eigenvalue weighted by Crippen LogP contribution is -2.47. The molecule has 0 radical (unpaired) electrons. The zero-order valence-electron chi connectivity index (χ0n) is 15.7. The van der Waals surface area contributed by atoms with E-state index in [-0.39, 0.29) is 50.7 Å². The molecule has 0 aliphatic carbocycles. The molecule has 0 aliphatic heterocycles. The van der Waals surface area contributed by atoms with Crippen LogP contribution in [0.4, 0.5) is 0 Å². The molecule has 0 saturated heterocycles. The van der Waals surface area contributed by atoms with Gasteiger partial charge in [-0.1, -0.05) is 0 Å². The summed E-state index contributed by atoms with van der Waals surface area (Å²) in [4.78, 5) is 60.9. The molecule has 1 heterocycles. The van der Waals surface area contributed by atoms with Gasteiger partial charge in [0.1, 0.15) is 11.8 Å². The number of nitrogens with two attached hydrogens (primary N) is 2. The second-order valence-electron chi connectivity index (χ2n) is 6.02. The number of imidazole rings is 1. The van der Waals surface area contributed by atoms with Crippen molar-refractivity contribution >= 4 is 29.5 Å². The van der Waals surface area contributed by atoms with Gasteiger partial charge in [-0.05, 0) is 0 Å². The fraction of sp³-hybridized carbons (Fsp3) is 0.500. The van der Waals surface area contributed by atoms with Gasteiger partial charge in [0.25, 0.3) is 0 Å². The highest BCUT2D eigenvalue weighted by molar-refractivity contribution is 5.88. The van der Waals surface area contributed by atoms with Crippen LogP contribution in [0.3, 0.4) is 0 Å². The largest absolute Gasteiger partial charge is 0.480 e. The predicted molar refractivity (Wildman–Crippen MR) is 99.0 cm³/mol. The fourth-order valence-corrected chi connectivity index (χ4v) is 2.13. The molecule has 0 fully saturated rings. The van der Waals surface area contributed by atoms with Crippen molar-refractivity contribution in [2.45, 2.75) is 32.0 Å². The number of aliphatic carboxylic acids is 1. The monoisotopic (exact) mass is 411 g/mol. The first-order chi connectivity index (χ1) is 13.7. The third-order valence-corrected chi connectivity index (χ3v) is 3.68. The lowest BCUT2D eigenvalue weighted by molar-refractivity contribution is -0.141. The minimum absolute atomic E-state index is 0.0192. The van der Waals surface area contributed by atoms with Crippen LogP contribution in [0, 0.1) is 0 Å². The van der Waals surface area contributed by atoms with Crippen LogP contribution in [0.15, 0.2) is 12.5 Å². The van der Waals surface area contributed by atoms with Crippen LogP contribution in [0.1, 0.15) is 18.5 Å². The Hall–Kier alpha value is -3.32. The number of ketones is 1. The summed E-state index contributed by atoms with van der Waals surface area (Å²) in [5, 5.41) is 16.4. The molecular weight excluding hydrogens is 386 g/mol. The third kappa shape index (κ3) is 9.44. The Balaban J connectivity index is 2.50. The van der Waals surface area contributed by atoms with Gasteiger partial charge in [-0.15, -0.1) is 0 Å². The fourth-order valence-electron chi connectivity index (χ4n) is 2.13. The number of hydrogen-bond acceptors (Lipinski definition) is 8. The Labute approximate surface area is 166 Å². The number of amides is 3. The highest BCUT2D eigenvalue weighted by Gasteiger charge is 2.21. The first kappa shape index (κ1) is 23.7. The molecule has 160 valence electrons. The number of nitrogens with zero attached hydrogens (tertiary/aromatic N) is 2. The van der Waals surface area contributed by atoms with Gasteiger partial charge in [0.15, 0.2) is 0 Å². The maximum atomic E-state index is 11.7. The van der Waals surface area contributed by atoms with Crippen LogP contribution >= 0.6 is 0 Å². The summed E-state index contributed by atoms with van der Waals surface area (Å²) in [5.41, 5.74) is 10.6. The van der Waals surface area contributed by atoms with Gasteiger partial charge in [-0.3, -0.25) is 19.2 Å². The van der Waals surface area contributed by atoms with Crippen LogP contribution in [0.2, 0.25) is 0 Å². The van der Waals surface area contributed by atoms with E-state index in [1.165, 1.54) is 17.1 Å². The Kier molecular flexibility index (Phi) is 9.98. The summed E-state index contributed by atoms with van der Waals surface area (Å²) in [6.45, 7) is -0.712. The van der Waals surface area contributed by atoms with Crippen molar-refractivity contribution < 1.29 is 29.1 Å². The minimum Gasteiger partial charge on any atom is -0.480 e. The summed E-state index contributed by atoms with van der Waals surface area (Å²) in [6.07, 6.45) is 2.89. The maximum Gasteiger partial charge on any atom is 0.326 e. The van der Waals surface area contributed by atoms with Crippen molar-refractivity contribution in [2.24, 2.45) is 11.5 Å². The number of carbonyl (C=O) groups is 5. The number of nitrogens with one attached hydrogen (secondary N) is 3. The number of carbonyl (C=O) groups excluding carboxylic acids is 4. The molecule has 1 aromatic rings. The van der Waals surface area contributed by atoms with Crippen molar-refractivity contribution in [3.8, 4) is 0 Å². The quantitative estimate of drug-likeness (QED) is 0.189. The normalized spacial score (nSPS) is 11.4. The Morgan fingerprint density at radius 1 is 1.03 bits per heavy atom. The lowest BCUT2D eigenvalue weighted by atomic mass is 10.1. The van der Waals surface area contributed by atoms with Gasteiger partial charge >= 0.3 is 5.97 Å². The summed E-state index contributed by atoms with van der Waals surface area (Å²) in [5.74, 6) is -3.04. The molecule has 1 aromatic heterocycles. The first-order valence-corrected chi connectivity index (χ1v) is 8.73. The molecule has 8 N–H and O–H groups in total. The maximum absolute atomic E-state index is 11.7. The Morgan fingerprint density at radius 2 is 1.76 bits per heavy atom. The molecule has 1 atom stereocenters. The van der Waals surface area contributed by atoms with Crippen LogP contribution in [0.5, 0.6) is 0 Å². The Bertz CT molecular complexity index is 748. The molecule has 0 aromatic carbocycles. The molecule has 0 bridgehead atoms. The standard InChI is InChI=1S/C16H25N7O6/c17-4-11(24)1-2-13(25)21-9-23-7-10(20-8-23)3-12(16(28)29)22-15(27)6-19-14(26)5-18/h7-8,12H,1-6,9,17-18H2,(H,19,26)(H,21,25)(H,22,27)(H,28,29). The smallest absolute Gasteiger partial charge is 0.326 e. The second kappa shape index (κ2) is 12.2. The van der Waals surface area contributed by atoms with E-state index < -0.39 is 30.4 Å². The minimum atomic E-state index is -1.27. The van der Waals surface area contributed by atoms with E-state index in [0.29, 0.717) is 5.69 Å². The highest BCUT2D eigenvalue weighted by Crippen LogP contribution is 2.02. The number of rotatable bonds is 13. The topological polar surface area (TPSA) is 212 Å². The molecule has 13 heteroatoms. The highest BCUT2D eigenvalue weighted by atomic mass is 16.4. The van der Waals surface area contributed by atoms with Crippen molar-refractivity contribution in [1.29, 1.82) is 0 Å². The Morgan fingerprint density at radius 3 is 2.38 bits per heavy atom. The van der Waals surface area contributed by atoms with Crippen LogP contribution in [-0.2, 0) is 37.1 Å². The predicted octanol–water partition coefficient (Wildman–Crippen LogP) is -3.55. The zero-order chi connectivity index (χ0) is 21.8. The molecule has 29 heavy (non-hydrogen) atoms. The lowest BCUT2D eigenvalue weighted by Gasteiger charge is -2.13. The zero-order valence-corrected chi connectivity index (χ0v) is 15.7. The van der Waals surface area contributed by atoms with Crippen molar-refractivity contribution in [3.63, 3.8) is 0 Å². The first-order valence-electron chi connectivity index (χ1n) is 8.73. The average molecular weight is 411 g/mol. The summed E-state index contributed by atoms with van der Waals surface area (Å²) >= 11 is 0. The molecule has 13 nitrogen and oxygen atoms in total. The van der Waals surface area contributed by atoms with E-state index in [1.807, 2.05) is 0 Å². The van der Waals surface area contributed by atoms with Crippen LogP contribution in [-0.4, -0.2) is 69.8 Å². The molecule has 0 saturated carbocycles.